The number of nitrogens with zero attached hydrogens (tertiary/aromatic N) is 1. The molecule has 0 aliphatic rings. The van der Waals surface area contributed by atoms with Crippen molar-refractivity contribution in [1.82, 2.24) is 5.32 Å². The molecule has 0 saturated carbocycles. The van der Waals surface area contributed by atoms with E-state index in [2.05, 4.69) is 5.32 Å². The van der Waals surface area contributed by atoms with Gasteiger partial charge in [-0.3, -0.25) is 10.1 Å². The van der Waals surface area contributed by atoms with Gasteiger partial charge in [-0.1, -0.05) is 18.2 Å². The van der Waals surface area contributed by atoms with Crippen LogP contribution in [0.2, 0.25) is 0 Å². The highest BCUT2D eigenvalue weighted by Gasteiger charge is 2.14. The lowest BCUT2D eigenvalue weighted by molar-refractivity contribution is -0.115. The number of anilines is 1. The van der Waals surface area contributed by atoms with E-state index in [-0.39, 0.29) is 12.5 Å². The van der Waals surface area contributed by atoms with Crippen LogP contribution in [-0.4, -0.2) is 43.5 Å². The molecule has 0 unspecified atom stereocenters. The Morgan fingerprint density at radius 2 is 1.83 bits per heavy atom. The van der Waals surface area contributed by atoms with Crippen LogP contribution in [0.5, 0.6) is 11.5 Å². The number of rotatable bonds is 9. The normalized spacial score (nSPS) is 10.6. The van der Waals surface area contributed by atoms with Crippen LogP contribution in [0.1, 0.15) is 18.4 Å². The zero-order valence-corrected chi connectivity index (χ0v) is 17.4. The number of methoxy groups -OCH3 is 2. The van der Waals surface area contributed by atoms with Crippen molar-refractivity contribution < 1.29 is 19.4 Å². The van der Waals surface area contributed by atoms with E-state index >= 15 is 0 Å². The Hall–Kier alpha value is -2.90. The van der Waals surface area contributed by atoms with Gasteiger partial charge in [0, 0.05) is 31.0 Å². The van der Waals surface area contributed by atoms with Crippen LogP contribution in [0.15, 0.2) is 54.6 Å². The molecule has 0 saturated heterocycles. The number of aliphatic hydroxyl groups excluding tert-OH is 1. The summed E-state index contributed by atoms with van der Waals surface area (Å²) in [6.45, 7) is 0.671. The second-order valence-electron chi connectivity index (χ2n) is 6.18. The maximum atomic E-state index is 12.3. The third-order valence-electron chi connectivity index (χ3n) is 4.17. The molecular weight excluding hydrogens is 388 g/mol. The largest absolute Gasteiger partial charge is 0.497 e. The Kier molecular flexibility index (Phi) is 9.14. The number of amides is 1. The minimum absolute atomic E-state index is 0.107. The van der Waals surface area contributed by atoms with E-state index < -0.39 is 0 Å². The predicted octanol–water partition coefficient (Wildman–Crippen LogP) is 3.40. The van der Waals surface area contributed by atoms with E-state index in [4.69, 9.17) is 26.8 Å². The van der Waals surface area contributed by atoms with Gasteiger partial charge in [0.25, 0.3) is 0 Å². The van der Waals surface area contributed by atoms with Crippen molar-refractivity contribution in [3.63, 3.8) is 0 Å². The fourth-order valence-corrected chi connectivity index (χ4v) is 2.91. The first-order valence-electron chi connectivity index (χ1n) is 9.27. The summed E-state index contributed by atoms with van der Waals surface area (Å²) in [5.74, 6) is 1.13. The number of thiocarbonyl (C=S) groups is 1. The summed E-state index contributed by atoms with van der Waals surface area (Å²) in [7, 11) is 3.20. The van der Waals surface area contributed by atoms with Gasteiger partial charge in [0.05, 0.1) is 14.2 Å². The van der Waals surface area contributed by atoms with E-state index in [9.17, 15) is 4.79 Å². The number of carbonyl (C=O) groups excluding carboxylic acids is 1. The highest BCUT2D eigenvalue weighted by Crippen LogP contribution is 2.21. The van der Waals surface area contributed by atoms with Crippen LogP contribution < -0.4 is 19.7 Å². The van der Waals surface area contributed by atoms with Gasteiger partial charge in [-0.15, -0.1) is 0 Å². The molecular formula is C22H26N2O4S. The van der Waals surface area contributed by atoms with E-state index in [1.165, 1.54) is 6.08 Å². The molecule has 29 heavy (non-hydrogen) atoms. The third-order valence-corrected chi connectivity index (χ3v) is 4.50. The molecule has 0 bridgehead atoms. The highest BCUT2D eigenvalue weighted by atomic mass is 32.1. The van der Waals surface area contributed by atoms with Gasteiger partial charge in [-0.05, 0) is 61.0 Å². The fourth-order valence-electron chi connectivity index (χ4n) is 2.61. The molecule has 6 nitrogen and oxygen atoms in total. The lowest BCUT2D eigenvalue weighted by Gasteiger charge is -2.25. The van der Waals surface area contributed by atoms with Crippen LogP contribution >= 0.6 is 12.2 Å². The minimum Gasteiger partial charge on any atom is -0.497 e. The van der Waals surface area contributed by atoms with Crippen molar-refractivity contribution in [2.45, 2.75) is 12.8 Å². The second-order valence-corrected chi connectivity index (χ2v) is 6.57. The average Bonchev–Trinajstić information content (AvgIpc) is 2.75. The van der Waals surface area contributed by atoms with Crippen LogP contribution in [0.4, 0.5) is 5.69 Å². The van der Waals surface area contributed by atoms with Crippen molar-refractivity contribution in [3.8, 4) is 11.5 Å². The van der Waals surface area contributed by atoms with Crippen LogP contribution in [-0.2, 0) is 4.79 Å². The first-order chi connectivity index (χ1) is 14.1. The average molecular weight is 415 g/mol. The van der Waals surface area contributed by atoms with Gasteiger partial charge in [-0.25, -0.2) is 0 Å². The summed E-state index contributed by atoms with van der Waals surface area (Å²) < 4.78 is 10.4. The SMILES string of the molecule is COc1ccc(/C=C/C(=O)NC(=S)N(CCCCO)c2cccc(OC)c2)cc1. The van der Waals surface area contributed by atoms with Gasteiger partial charge in [0.1, 0.15) is 11.5 Å². The molecule has 0 spiro atoms. The first kappa shape index (κ1) is 22.4. The molecule has 2 aromatic carbocycles. The Bertz CT molecular complexity index is 837. The predicted molar refractivity (Wildman–Crippen MR) is 119 cm³/mol. The van der Waals surface area contributed by atoms with Crippen LogP contribution in [0.25, 0.3) is 6.08 Å². The van der Waals surface area contributed by atoms with E-state index in [1.807, 2.05) is 53.4 Å². The van der Waals surface area contributed by atoms with Crippen molar-refractivity contribution in [3.05, 3.63) is 60.2 Å². The first-order valence-corrected chi connectivity index (χ1v) is 9.67. The quantitative estimate of drug-likeness (QED) is 0.372. The summed E-state index contributed by atoms with van der Waals surface area (Å²) >= 11 is 5.47. The van der Waals surface area contributed by atoms with E-state index in [1.54, 1.807) is 20.3 Å². The van der Waals surface area contributed by atoms with E-state index in [0.29, 0.717) is 23.8 Å². The molecule has 2 rings (SSSR count). The molecule has 0 aliphatic carbocycles. The number of hydrogen-bond donors (Lipinski definition) is 2. The number of ether oxygens (including phenoxy) is 2. The molecule has 0 radical (unpaired) electrons. The Morgan fingerprint density at radius 1 is 1.10 bits per heavy atom. The highest BCUT2D eigenvalue weighted by molar-refractivity contribution is 7.80. The monoisotopic (exact) mass is 414 g/mol. The molecule has 2 N–H and O–H groups in total. The number of nitrogens with one attached hydrogen (secondary N) is 1. The zero-order chi connectivity index (χ0) is 21.1. The molecule has 154 valence electrons. The molecule has 1 amide bonds. The maximum absolute atomic E-state index is 12.3. The molecule has 7 heteroatoms. The van der Waals surface area contributed by atoms with Gasteiger partial charge in [0.2, 0.25) is 5.91 Å². The Morgan fingerprint density at radius 3 is 2.48 bits per heavy atom. The van der Waals surface area contributed by atoms with Gasteiger partial charge < -0.3 is 19.5 Å². The fraction of sp³-hybridized carbons (Fsp3) is 0.273. The second kappa shape index (κ2) is 11.8. The van der Waals surface area contributed by atoms with Crippen LogP contribution in [0.3, 0.4) is 0 Å². The van der Waals surface area contributed by atoms with Gasteiger partial charge in [0.15, 0.2) is 5.11 Å². The number of unbranched alkanes of at least 4 members (excludes halogenated alkanes) is 1. The van der Waals surface area contributed by atoms with E-state index in [0.717, 1.165) is 23.4 Å². The summed E-state index contributed by atoms with van der Waals surface area (Å²) in [6, 6.07) is 14.8. The Balaban J connectivity index is 2.06. The number of aliphatic hydroxyl groups is 1. The smallest absolute Gasteiger partial charge is 0.250 e. The molecule has 2 aromatic rings. The number of carbonyl (C=O) groups is 1. The minimum atomic E-state index is -0.319. The maximum Gasteiger partial charge on any atom is 0.250 e. The lowest BCUT2D eigenvalue weighted by Crippen LogP contribution is -2.42. The van der Waals surface area contributed by atoms with Gasteiger partial charge in [-0.2, -0.15) is 0 Å². The summed E-state index contributed by atoms with van der Waals surface area (Å²) in [5, 5.41) is 12.1. The molecule has 0 atom stereocenters. The Labute approximate surface area is 176 Å². The summed E-state index contributed by atoms with van der Waals surface area (Å²) in [6.07, 6.45) is 4.52. The lowest BCUT2D eigenvalue weighted by atomic mass is 10.2. The molecule has 0 aromatic heterocycles. The zero-order valence-electron chi connectivity index (χ0n) is 16.6. The summed E-state index contributed by atoms with van der Waals surface area (Å²) in [4.78, 5) is 14.2. The van der Waals surface area contributed by atoms with Crippen molar-refractivity contribution >= 4 is 35.0 Å². The third kappa shape index (κ3) is 7.21. The number of hydrogen-bond acceptors (Lipinski definition) is 5. The molecule has 0 heterocycles. The summed E-state index contributed by atoms with van der Waals surface area (Å²) in [5.41, 5.74) is 1.69. The molecule has 0 fully saturated rings. The van der Waals surface area contributed by atoms with Crippen molar-refractivity contribution in [2.24, 2.45) is 0 Å². The number of benzene rings is 2. The topological polar surface area (TPSA) is 71.0 Å². The van der Waals surface area contributed by atoms with Crippen LogP contribution in [0, 0.1) is 0 Å². The van der Waals surface area contributed by atoms with Crippen molar-refractivity contribution in [2.75, 3.05) is 32.3 Å². The standard InChI is InChI=1S/C22H26N2O4S/c1-27-19-11-8-17(9-12-19)10-13-21(26)23-22(29)24(14-3-4-15-25)18-6-5-7-20(16-18)28-2/h5-13,16,25H,3-4,14-15H2,1-2H3,(H,23,26,29)/b13-10+. The molecule has 0 aliphatic heterocycles. The van der Waals surface area contributed by atoms with Crippen molar-refractivity contribution in [1.29, 1.82) is 0 Å². The van der Waals surface area contributed by atoms with Gasteiger partial charge >= 0.3 is 0 Å².